The molecule has 144 valence electrons. The van der Waals surface area contributed by atoms with Gasteiger partial charge in [-0.25, -0.2) is 4.98 Å². The van der Waals surface area contributed by atoms with E-state index < -0.39 is 0 Å². The Balaban J connectivity index is 1.47. The lowest BCUT2D eigenvalue weighted by Gasteiger charge is -2.11. The highest BCUT2D eigenvalue weighted by atomic mass is 32.1. The number of nitrogens with zero attached hydrogens (tertiary/aromatic N) is 1. The Morgan fingerprint density at radius 3 is 2.79 bits per heavy atom. The summed E-state index contributed by atoms with van der Waals surface area (Å²) < 4.78 is 11.0. The highest BCUT2D eigenvalue weighted by Gasteiger charge is 2.11. The monoisotopic (exact) mass is 403 g/mol. The second-order valence-corrected chi connectivity index (χ2v) is 6.72. The Morgan fingerprint density at radius 2 is 2.00 bits per heavy atom. The maximum atomic E-state index is 12.0. The van der Waals surface area contributed by atoms with Crippen LogP contribution in [0.25, 0.3) is 28.6 Å². The topological polar surface area (TPSA) is 80.3 Å². The summed E-state index contributed by atoms with van der Waals surface area (Å²) in [4.78, 5) is 16.5. The third-order valence-electron chi connectivity index (χ3n) is 4.21. The number of fused-ring (bicyclic) bond motifs is 1. The molecule has 2 N–H and O–H groups in total. The molecule has 7 heteroatoms. The van der Waals surface area contributed by atoms with Crippen LogP contribution >= 0.6 is 12.2 Å². The fraction of sp³-hybridized carbons (Fsp3) is 0.0455. The van der Waals surface area contributed by atoms with E-state index in [1.807, 2.05) is 49.4 Å². The molecule has 1 amide bonds. The van der Waals surface area contributed by atoms with E-state index in [2.05, 4.69) is 15.6 Å². The van der Waals surface area contributed by atoms with Crippen LogP contribution in [-0.2, 0) is 4.79 Å². The Kier molecular flexibility index (Phi) is 5.22. The van der Waals surface area contributed by atoms with Gasteiger partial charge in [0.15, 0.2) is 10.7 Å². The Bertz CT molecular complexity index is 1180. The van der Waals surface area contributed by atoms with Gasteiger partial charge in [0.1, 0.15) is 11.3 Å². The molecule has 4 aromatic rings. The van der Waals surface area contributed by atoms with E-state index in [0.29, 0.717) is 11.7 Å². The number of hydrogen-bond acceptors (Lipinski definition) is 5. The van der Waals surface area contributed by atoms with E-state index in [4.69, 9.17) is 21.1 Å². The molecule has 0 aliphatic heterocycles. The SMILES string of the molecule is Cc1ccc(-c2nc3ccccc3o2)cc1NC(=S)NC(=O)/C=C/c1ccco1. The number of carbonyl (C=O) groups excluding carboxylic acids is 1. The number of para-hydroxylation sites is 2. The third-order valence-corrected chi connectivity index (χ3v) is 4.41. The van der Waals surface area contributed by atoms with Crippen molar-refractivity contribution in [1.29, 1.82) is 0 Å². The summed E-state index contributed by atoms with van der Waals surface area (Å²) in [7, 11) is 0. The number of carbonyl (C=O) groups is 1. The highest BCUT2D eigenvalue weighted by molar-refractivity contribution is 7.80. The normalized spacial score (nSPS) is 11.1. The van der Waals surface area contributed by atoms with Gasteiger partial charge in [0.05, 0.1) is 6.26 Å². The van der Waals surface area contributed by atoms with Crippen LogP contribution in [0.15, 0.2) is 75.8 Å². The number of hydrogen-bond donors (Lipinski definition) is 2. The van der Waals surface area contributed by atoms with Crippen molar-refractivity contribution in [3.05, 3.63) is 78.3 Å². The first-order valence-electron chi connectivity index (χ1n) is 8.88. The van der Waals surface area contributed by atoms with Crippen molar-refractivity contribution in [2.75, 3.05) is 5.32 Å². The molecule has 0 unspecified atom stereocenters. The molecule has 0 aliphatic carbocycles. The number of oxazole rings is 1. The lowest BCUT2D eigenvalue weighted by atomic mass is 10.1. The van der Waals surface area contributed by atoms with Gasteiger partial charge in [-0.05, 0) is 67.2 Å². The summed E-state index contributed by atoms with van der Waals surface area (Å²) in [5.74, 6) is 0.748. The lowest BCUT2D eigenvalue weighted by Crippen LogP contribution is -2.33. The Morgan fingerprint density at radius 1 is 1.14 bits per heavy atom. The molecule has 2 heterocycles. The van der Waals surface area contributed by atoms with E-state index in [9.17, 15) is 4.79 Å². The summed E-state index contributed by atoms with van der Waals surface area (Å²) >= 11 is 5.26. The predicted molar refractivity (Wildman–Crippen MR) is 116 cm³/mol. The average Bonchev–Trinajstić information content (AvgIpc) is 3.37. The van der Waals surface area contributed by atoms with Crippen molar-refractivity contribution in [3.63, 3.8) is 0 Å². The van der Waals surface area contributed by atoms with Gasteiger partial charge in [-0.2, -0.15) is 0 Å². The second-order valence-electron chi connectivity index (χ2n) is 6.31. The van der Waals surface area contributed by atoms with Gasteiger partial charge in [-0.3, -0.25) is 10.1 Å². The van der Waals surface area contributed by atoms with Crippen LogP contribution in [-0.4, -0.2) is 16.0 Å². The van der Waals surface area contributed by atoms with Crippen molar-refractivity contribution < 1.29 is 13.6 Å². The van der Waals surface area contributed by atoms with Gasteiger partial charge < -0.3 is 14.2 Å². The van der Waals surface area contributed by atoms with Crippen LogP contribution in [0, 0.1) is 6.92 Å². The lowest BCUT2D eigenvalue weighted by molar-refractivity contribution is -0.115. The quantitative estimate of drug-likeness (QED) is 0.372. The molecule has 4 rings (SSSR count). The van der Waals surface area contributed by atoms with Crippen LogP contribution in [0.5, 0.6) is 0 Å². The minimum atomic E-state index is -0.355. The largest absolute Gasteiger partial charge is 0.465 e. The minimum absolute atomic E-state index is 0.192. The molecule has 0 saturated carbocycles. The van der Waals surface area contributed by atoms with Gasteiger partial charge in [0.2, 0.25) is 11.8 Å². The van der Waals surface area contributed by atoms with Gasteiger partial charge in [-0.15, -0.1) is 0 Å². The molecule has 29 heavy (non-hydrogen) atoms. The van der Waals surface area contributed by atoms with Crippen LogP contribution in [0.3, 0.4) is 0 Å². The summed E-state index contributed by atoms with van der Waals surface area (Å²) in [6.07, 6.45) is 4.46. The molecular formula is C22H17N3O3S. The van der Waals surface area contributed by atoms with Crippen LogP contribution in [0.4, 0.5) is 5.69 Å². The number of nitrogens with one attached hydrogen (secondary N) is 2. The van der Waals surface area contributed by atoms with Crippen molar-refractivity contribution >= 4 is 46.1 Å². The average molecular weight is 403 g/mol. The van der Waals surface area contributed by atoms with Crippen molar-refractivity contribution in [1.82, 2.24) is 10.3 Å². The number of amides is 1. The third kappa shape index (κ3) is 4.41. The van der Waals surface area contributed by atoms with Gasteiger partial charge in [-0.1, -0.05) is 18.2 Å². The Hall–Kier alpha value is -3.71. The van der Waals surface area contributed by atoms with Crippen LogP contribution in [0.1, 0.15) is 11.3 Å². The number of aryl methyl sites for hydroxylation is 1. The molecule has 0 spiro atoms. The van der Waals surface area contributed by atoms with Crippen LogP contribution < -0.4 is 10.6 Å². The predicted octanol–water partition coefficient (Wildman–Crippen LogP) is 4.92. The van der Waals surface area contributed by atoms with Crippen LogP contribution in [0.2, 0.25) is 0 Å². The molecule has 6 nitrogen and oxygen atoms in total. The van der Waals surface area contributed by atoms with Gasteiger partial charge in [0, 0.05) is 17.3 Å². The highest BCUT2D eigenvalue weighted by Crippen LogP contribution is 2.27. The minimum Gasteiger partial charge on any atom is -0.465 e. The van der Waals surface area contributed by atoms with Crippen molar-refractivity contribution in [2.24, 2.45) is 0 Å². The summed E-state index contributed by atoms with van der Waals surface area (Å²) in [6, 6.07) is 16.8. The summed E-state index contributed by atoms with van der Waals surface area (Å²) in [6.45, 7) is 1.94. The molecule has 0 atom stereocenters. The summed E-state index contributed by atoms with van der Waals surface area (Å²) in [5.41, 5.74) is 4.05. The maximum absolute atomic E-state index is 12.0. The molecule has 0 bridgehead atoms. The number of benzene rings is 2. The smallest absolute Gasteiger partial charge is 0.250 e. The molecule has 2 aromatic heterocycles. The maximum Gasteiger partial charge on any atom is 0.250 e. The molecular weight excluding hydrogens is 386 g/mol. The van der Waals surface area contributed by atoms with Crippen molar-refractivity contribution in [2.45, 2.75) is 6.92 Å². The zero-order valence-corrected chi connectivity index (χ0v) is 16.3. The first-order chi connectivity index (χ1) is 14.1. The van der Waals surface area contributed by atoms with Gasteiger partial charge in [0.25, 0.3) is 0 Å². The van der Waals surface area contributed by atoms with Crippen molar-refractivity contribution in [3.8, 4) is 11.5 Å². The first kappa shape index (κ1) is 18.6. The summed E-state index contributed by atoms with van der Waals surface area (Å²) in [5, 5.41) is 5.86. The standard InChI is InChI=1S/C22H17N3O3S/c1-14-8-9-15(21-23-17-6-2-3-7-19(17)28-21)13-18(14)24-22(29)25-20(26)11-10-16-5-4-12-27-16/h2-13H,1H3,(H2,24,25,26,29)/b11-10+. The fourth-order valence-electron chi connectivity index (χ4n) is 2.74. The van der Waals surface area contributed by atoms with E-state index >= 15 is 0 Å². The number of aromatic nitrogens is 1. The molecule has 0 saturated heterocycles. The fourth-order valence-corrected chi connectivity index (χ4v) is 2.95. The van der Waals surface area contributed by atoms with E-state index in [1.165, 1.54) is 12.3 Å². The molecule has 0 fully saturated rings. The molecule has 0 radical (unpaired) electrons. The van der Waals surface area contributed by atoms with Gasteiger partial charge >= 0.3 is 0 Å². The van der Waals surface area contributed by atoms with E-state index in [-0.39, 0.29) is 11.0 Å². The number of rotatable bonds is 4. The number of thiocarbonyl (C=S) groups is 1. The van der Waals surface area contributed by atoms with E-state index in [1.54, 1.807) is 18.2 Å². The molecule has 0 aliphatic rings. The first-order valence-corrected chi connectivity index (χ1v) is 9.29. The second kappa shape index (κ2) is 8.12. The zero-order valence-electron chi connectivity index (χ0n) is 15.5. The number of furan rings is 1. The Labute approximate surface area is 172 Å². The molecule has 2 aromatic carbocycles. The number of anilines is 1. The van der Waals surface area contributed by atoms with E-state index in [0.717, 1.165) is 27.9 Å². The zero-order chi connectivity index (χ0) is 20.2.